The zero-order valence-corrected chi connectivity index (χ0v) is 9.78. The van der Waals surface area contributed by atoms with Crippen LogP contribution in [0.25, 0.3) is 0 Å². The first-order valence-corrected chi connectivity index (χ1v) is 6.03. The highest BCUT2D eigenvalue weighted by Crippen LogP contribution is 2.19. The smallest absolute Gasteiger partial charge is 0.166 e. The summed E-state index contributed by atoms with van der Waals surface area (Å²) in [6.07, 6.45) is 10.5. The van der Waals surface area contributed by atoms with E-state index in [0.717, 1.165) is 43.6 Å². The largest absolute Gasteiger partial charge is 0.335 e. The summed E-state index contributed by atoms with van der Waals surface area (Å²) < 4.78 is 2.08. The Balaban J connectivity index is 2.02. The second kappa shape index (κ2) is 5.10. The first-order valence-electron chi connectivity index (χ1n) is 6.03. The number of imidazole rings is 1. The van der Waals surface area contributed by atoms with Gasteiger partial charge in [-0.2, -0.15) is 0 Å². The van der Waals surface area contributed by atoms with Crippen molar-refractivity contribution in [2.45, 2.75) is 45.6 Å². The molecule has 0 saturated heterocycles. The predicted molar refractivity (Wildman–Crippen MR) is 63.2 cm³/mol. The Morgan fingerprint density at radius 1 is 1.56 bits per heavy atom. The number of ketones is 1. The van der Waals surface area contributed by atoms with E-state index in [0.29, 0.717) is 6.42 Å². The minimum atomic E-state index is 0.251. The average Bonchev–Trinajstić information content (AvgIpc) is 2.90. The maximum atomic E-state index is 11.9. The Kier molecular flexibility index (Phi) is 3.54. The summed E-state index contributed by atoms with van der Waals surface area (Å²) in [6, 6.07) is 0. The Bertz CT molecular complexity index is 404. The summed E-state index contributed by atoms with van der Waals surface area (Å²) in [7, 11) is 0. The summed E-state index contributed by atoms with van der Waals surface area (Å²) in [5, 5.41) is 0. The molecule has 0 N–H and O–H groups in total. The van der Waals surface area contributed by atoms with Crippen molar-refractivity contribution < 1.29 is 4.79 Å². The maximum absolute atomic E-state index is 11.9. The number of aryl methyl sites for hydroxylation is 1. The lowest BCUT2D eigenvalue weighted by Crippen LogP contribution is -2.11. The molecule has 86 valence electrons. The zero-order chi connectivity index (χ0) is 11.4. The summed E-state index contributed by atoms with van der Waals surface area (Å²) in [6.45, 7) is 3.08. The van der Waals surface area contributed by atoms with Gasteiger partial charge in [0.1, 0.15) is 5.82 Å². The standard InChI is InChI=1S/C13H18N2O/c1-2-8-15-9-7-14-13(15)10-12(16)11-5-3-4-6-11/h5,7,9H,2-4,6,8,10H2,1H3. The van der Waals surface area contributed by atoms with Crippen molar-refractivity contribution in [3.8, 4) is 0 Å². The molecular weight excluding hydrogens is 200 g/mol. The van der Waals surface area contributed by atoms with Crippen LogP contribution in [0.5, 0.6) is 0 Å². The third-order valence-electron chi connectivity index (χ3n) is 2.98. The molecule has 0 spiro atoms. The van der Waals surface area contributed by atoms with Gasteiger partial charge in [-0.15, -0.1) is 0 Å². The first kappa shape index (κ1) is 11.1. The summed E-state index contributed by atoms with van der Waals surface area (Å²) in [5.41, 5.74) is 1.01. The Labute approximate surface area is 96.2 Å². The molecular formula is C13H18N2O. The Hall–Kier alpha value is -1.38. The number of aromatic nitrogens is 2. The fourth-order valence-electron chi connectivity index (χ4n) is 2.13. The Morgan fingerprint density at radius 2 is 2.44 bits per heavy atom. The summed E-state index contributed by atoms with van der Waals surface area (Å²) >= 11 is 0. The molecule has 0 amide bonds. The molecule has 0 fully saturated rings. The van der Waals surface area contributed by atoms with Crippen LogP contribution in [0.1, 0.15) is 38.4 Å². The average molecular weight is 218 g/mol. The minimum Gasteiger partial charge on any atom is -0.335 e. The molecule has 3 heteroatoms. The molecule has 0 bridgehead atoms. The highest BCUT2D eigenvalue weighted by atomic mass is 16.1. The third kappa shape index (κ3) is 2.40. The quantitative estimate of drug-likeness (QED) is 0.761. The van der Waals surface area contributed by atoms with Crippen LogP contribution in [-0.2, 0) is 17.8 Å². The van der Waals surface area contributed by atoms with Crippen LogP contribution in [-0.4, -0.2) is 15.3 Å². The van der Waals surface area contributed by atoms with Crippen molar-refractivity contribution in [3.63, 3.8) is 0 Å². The van der Waals surface area contributed by atoms with E-state index in [1.807, 2.05) is 6.20 Å². The first-order chi connectivity index (χ1) is 7.81. The Morgan fingerprint density at radius 3 is 3.12 bits per heavy atom. The number of hydrogen-bond acceptors (Lipinski definition) is 2. The molecule has 1 aliphatic carbocycles. The van der Waals surface area contributed by atoms with E-state index < -0.39 is 0 Å². The number of nitrogens with zero attached hydrogens (tertiary/aromatic N) is 2. The van der Waals surface area contributed by atoms with E-state index in [1.165, 1.54) is 0 Å². The highest BCUT2D eigenvalue weighted by molar-refractivity contribution is 5.96. The fraction of sp³-hybridized carbons (Fsp3) is 0.538. The van der Waals surface area contributed by atoms with Crippen molar-refractivity contribution in [3.05, 3.63) is 29.9 Å². The van der Waals surface area contributed by atoms with Crippen LogP contribution in [0, 0.1) is 0 Å². The van der Waals surface area contributed by atoms with Gasteiger partial charge in [0.05, 0.1) is 6.42 Å². The molecule has 1 heterocycles. The topological polar surface area (TPSA) is 34.9 Å². The van der Waals surface area contributed by atoms with E-state index in [4.69, 9.17) is 0 Å². The van der Waals surface area contributed by atoms with Gasteiger partial charge in [-0.1, -0.05) is 13.0 Å². The second-order valence-corrected chi connectivity index (χ2v) is 4.26. The monoisotopic (exact) mass is 218 g/mol. The van der Waals surface area contributed by atoms with Gasteiger partial charge in [0.15, 0.2) is 5.78 Å². The van der Waals surface area contributed by atoms with Crippen LogP contribution in [0.2, 0.25) is 0 Å². The molecule has 0 saturated carbocycles. The molecule has 2 rings (SSSR count). The molecule has 0 aromatic carbocycles. The predicted octanol–water partition coefficient (Wildman–Crippen LogP) is 2.52. The van der Waals surface area contributed by atoms with Crippen LogP contribution in [0.15, 0.2) is 24.0 Å². The number of hydrogen-bond donors (Lipinski definition) is 0. The number of Topliss-reactive ketones (excluding diaryl/α,β-unsaturated/α-hetero) is 1. The zero-order valence-electron chi connectivity index (χ0n) is 9.78. The molecule has 16 heavy (non-hydrogen) atoms. The molecule has 0 unspecified atom stereocenters. The number of rotatable bonds is 5. The van der Waals surface area contributed by atoms with Gasteiger partial charge >= 0.3 is 0 Å². The normalized spacial score (nSPS) is 15.2. The van der Waals surface area contributed by atoms with Crippen molar-refractivity contribution in [1.29, 1.82) is 0 Å². The molecule has 1 aliphatic rings. The second-order valence-electron chi connectivity index (χ2n) is 4.26. The molecule has 0 atom stereocenters. The van der Waals surface area contributed by atoms with Crippen molar-refractivity contribution in [2.24, 2.45) is 0 Å². The molecule has 1 aromatic rings. The van der Waals surface area contributed by atoms with Crippen molar-refractivity contribution in [2.75, 3.05) is 0 Å². The SMILES string of the molecule is CCCn1ccnc1CC(=O)C1=CCCC1. The van der Waals surface area contributed by atoms with Crippen LogP contribution in [0.3, 0.4) is 0 Å². The minimum absolute atomic E-state index is 0.251. The molecule has 1 aromatic heterocycles. The van der Waals surface area contributed by atoms with Gasteiger partial charge in [0.25, 0.3) is 0 Å². The lowest BCUT2D eigenvalue weighted by Gasteiger charge is -2.05. The fourth-order valence-corrected chi connectivity index (χ4v) is 2.13. The molecule has 3 nitrogen and oxygen atoms in total. The van der Waals surface area contributed by atoms with Crippen LogP contribution >= 0.6 is 0 Å². The van der Waals surface area contributed by atoms with E-state index in [9.17, 15) is 4.79 Å². The maximum Gasteiger partial charge on any atom is 0.166 e. The van der Waals surface area contributed by atoms with Gasteiger partial charge in [-0.25, -0.2) is 4.98 Å². The van der Waals surface area contributed by atoms with E-state index in [-0.39, 0.29) is 5.78 Å². The van der Waals surface area contributed by atoms with E-state index in [1.54, 1.807) is 6.20 Å². The van der Waals surface area contributed by atoms with Gasteiger partial charge in [0, 0.05) is 18.9 Å². The number of carbonyl (C=O) groups excluding carboxylic acids is 1. The van der Waals surface area contributed by atoms with Crippen LogP contribution in [0.4, 0.5) is 0 Å². The lowest BCUT2D eigenvalue weighted by molar-refractivity contribution is -0.115. The van der Waals surface area contributed by atoms with Gasteiger partial charge in [0.2, 0.25) is 0 Å². The lowest BCUT2D eigenvalue weighted by atomic mass is 10.1. The van der Waals surface area contributed by atoms with Crippen molar-refractivity contribution in [1.82, 2.24) is 9.55 Å². The van der Waals surface area contributed by atoms with Crippen molar-refractivity contribution >= 4 is 5.78 Å². The summed E-state index contributed by atoms with van der Waals surface area (Å²) in [4.78, 5) is 16.2. The number of allylic oxidation sites excluding steroid dienone is 2. The van der Waals surface area contributed by atoms with Crippen LogP contribution < -0.4 is 0 Å². The highest BCUT2D eigenvalue weighted by Gasteiger charge is 2.15. The van der Waals surface area contributed by atoms with Gasteiger partial charge in [-0.05, 0) is 31.3 Å². The van der Waals surface area contributed by atoms with Gasteiger partial charge < -0.3 is 4.57 Å². The van der Waals surface area contributed by atoms with E-state index >= 15 is 0 Å². The molecule has 0 radical (unpaired) electrons. The summed E-state index contributed by atoms with van der Waals surface area (Å²) in [5.74, 6) is 1.15. The van der Waals surface area contributed by atoms with Gasteiger partial charge in [-0.3, -0.25) is 4.79 Å². The van der Waals surface area contributed by atoms with E-state index in [2.05, 4.69) is 22.6 Å². The number of carbonyl (C=O) groups is 1. The molecule has 0 aliphatic heterocycles. The third-order valence-corrected chi connectivity index (χ3v) is 2.98.